The van der Waals surface area contributed by atoms with Gasteiger partial charge >= 0.3 is 7.12 Å². The number of aldehydes is 1. The molecule has 1 unspecified atom stereocenters. The molecule has 1 saturated heterocycles. The van der Waals surface area contributed by atoms with E-state index in [1.54, 1.807) is 4.90 Å². The normalized spacial score (nSPS) is 25.7. The molecule has 1 aromatic rings. The molecule has 0 amide bonds. The van der Waals surface area contributed by atoms with E-state index in [1.165, 1.54) is 0 Å². The molecule has 0 bridgehead atoms. The van der Waals surface area contributed by atoms with Crippen LogP contribution in [0.3, 0.4) is 0 Å². The van der Waals surface area contributed by atoms with E-state index in [0.717, 1.165) is 17.4 Å². The minimum Gasteiger partial charge on any atom is -0.461 e. The van der Waals surface area contributed by atoms with Gasteiger partial charge in [-0.1, -0.05) is 6.07 Å². The Balaban J connectivity index is 1.90. The number of likely N-dealkylation sites (N-methyl/N-ethyl adjacent to an activating group) is 1. The van der Waals surface area contributed by atoms with Gasteiger partial charge in [0.25, 0.3) is 0 Å². The van der Waals surface area contributed by atoms with Crippen molar-refractivity contribution in [3.8, 4) is 5.75 Å². The van der Waals surface area contributed by atoms with Gasteiger partial charge in [0.15, 0.2) is 6.29 Å². The molecule has 1 aromatic carbocycles. The van der Waals surface area contributed by atoms with Crippen LogP contribution < -0.4 is 15.1 Å². The van der Waals surface area contributed by atoms with Crippen LogP contribution in [0.1, 0.15) is 27.7 Å². The first-order chi connectivity index (χ1) is 9.75. The maximum atomic E-state index is 11.0. The van der Waals surface area contributed by atoms with Crippen LogP contribution >= 0.6 is 0 Å². The van der Waals surface area contributed by atoms with Crippen molar-refractivity contribution < 1.29 is 18.8 Å². The standard InChI is InChI=1S/C15H20BNO4/c1-14(2)15(3,4)21-16(20-14)10-6-7-12-11(8-10)17(5)13(9-18)19-12/h6-9,13H,1-5H3. The zero-order chi connectivity index (χ0) is 15.4. The van der Waals surface area contributed by atoms with Gasteiger partial charge in [-0.15, -0.1) is 0 Å². The molecule has 0 N–H and O–H groups in total. The lowest BCUT2D eigenvalue weighted by Crippen LogP contribution is -2.41. The van der Waals surface area contributed by atoms with Crippen LogP contribution in [0.4, 0.5) is 5.69 Å². The molecule has 112 valence electrons. The van der Waals surface area contributed by atoms with E-state index in [0.29, 0.717) is 5.75 Å². The minimum atomic E-state index is -0.562. The highest BCUT2D eigenvalue weighted by atomic mass is 16.7. The van der Waals surface area contributed by atoms with E-state index in [2.05, 4.69) is 0 Å². The summed E-state index contributed by atoms with van der Waals surface area (Å²) in [5, 5.41) is 0. The SMILES string of the molecule is CN1c2cc(B3OC(C)(C)C(C)(C)O3)ccc2OC1C=O. The second-order valence-electron chi connectivity index (χ2n) is 6.57. The third kappa shape index (κ3) is 2.13. The maximum Gasteiger partial charge on any atom is 0.494 e. The fourth-order valence-electron chi connectivity index (χ4n) is 2.50. The Morgan fingerprint density at radius 3 is 2.38 bits per heavy atom. The largest absolute Gasteiger partial charge is 0.494 e. The number of anilines is 1. The zero-order valence-electron chi connectivity index (χ0n) is 13.0. The first-order valence-corrected chi connectivity index (χ1v) is 7.09. The van der Waals surface area contributed by atoms with Gasteiger partial charge in [-0.2, -0.15) is 0 Å². The highest BCUT2D eigenvalue weighted by Crippen LogP contribution is 2.38. The summed E-state index contributed by atoms with van der Waals surface area (Å²) in [7, 11) is 1.42. The number of benzene rings is 1. The van der Waals surface area contributed by atoms with Crippen molar-refractivity contribution in [2.75, 3.05) is 11.9 Å². The van der Waals surface area contributed by atoms with Crippen LogP contribution in [0.15, 0.2) is 18.2 Å². The molecule has 0 aliphatic carbocycles. The number of fused-ring (bicyclic) bond motifs is 1. The van der Waals surface area contributed by atoms with Crippen molar-refractivity contribution in [1.29, 1.82) is 0 Å². The van der Waals surface area contributed by atoms with Crippen LogP contribution in [-0.4, -0.2) is 37.9 Å². The summed E-state index contributed by atoms with van der Waals surface area (Å²) >= 11 is 0. The molecule has 21 heavy (non-hydrogen) atoms. The number of rotatable bonds is 2. The predicted molar refractivity (Wildman–Crippen MR) is 81.0 cm³/mol. The molecule has 6 heteroatoms. The first kappa shape index (κ1) is 14.4. The summed E-state index contributed by atoms with van der Waals surface area (Å²) in [6.45, 7) is 8.10. The molecule has 0 saturated carbocycles. The van der Waals surface area contributed by atoms with Crippen LogP contribution in [0, 0.1) is 0 Å². The highest BCUT2D eigenvalue weighted by Gasteiger charge is 2.52. The van der Waals surface area contributed by atoms with Gasteiger partial charge in [-0.05, 0) is 45.3 Å². The topological polar surface area (TPSA) is 48.0 Å². The summed E-state index contributed by atoms with van der Waals surface area (Å²) in [4.78, 5) is 12.8. The Kier molecular flexibility index (Phi) is 3.08. The van der Waals surface area contributed by atoms with Gasteiger partial charge in [0, 0.05) is 7.05 Å². The summed E-state index contributed by atoms with van der Waals surface area (Å²) in [6, 6.07) is 5.73. The van der Waals surface area contributed by atoms with Crippen LogP contribution in [-0.2, 0) is 14.1 Å². The predicted octanol–water partition coefficient (Wildman–Crippen LogP) is 1.34. The van der Waals surface area contributed by atoms with E-state index < -0.39 is 13.3 Å². The lowest BCUT2D eigenvalue weighted by molar-refractivity contribution is -0.113. The summed E-state index contributed by atoms with van der Waals surface area (Å²) < 4.78 is 17.6. The smallest absolute Gasteiger partial charge is 0.461 e. The van der Waals surface area contributed by atoms with Crippen molar-refractivity contribution in [3.05, 3.63) is 18.2 Å². The molecule has 2 aliphatic rings. The van der Waals surface area contributed by atoms with Gasteiger partial charge in [0.05, 0.1) is 16.9 Å². The first-order valence-electron chi connectivity index (χ1n) is 7.09. The molecule has 3 rings (SSSR count). The number of nitrogens with zero attached hydrogens (tertiary/aromatic N) is 1. The Morgan fingerprint density at radius 2 is 1.81 bits per heavy atom. The van der Waals surface area contributed by atoms with E-state index in [4.69, 9.17) is 14.0 Å². The molecule has 2 heterocycles. The Morgan fingerprint density at radius 1 is 1.19 bits per heavy atom. The second kappa shape index (κ2) is 4.48. The van der Waals surface area contributed by atoms with E-state index >= 15 is 0 Å². The fourth-order valence-corrected chi connectivity index (χ4v) is 2.50. The lowest BCUT2D eigenvalue weighted by Gasteiger charge is -2.32. The molecule has 2 aliphatic heterocycles. The molecular weight excluding hydrogens is 269 g/mol. The third-order valence-electron chi connectivity index (χ3n) is 4.63. The number of hydrogen-bond acceptors (Lipinski definition) is 5. The van der Waals surface area contributed by atoms with Gasteiger partial charge < -0.3 is 18.9 Å². The van der Waals surface area contributed by atoms with Gasteiger partial charge in [0.2, 0.25) is 6.23 Å². The summed E-state index contributed by atoms with van der Waals surface area (Å²) in [5.41, 5.74) is 1.06. The van der Waals surface area contributed by atoms with Crippen LogP contribution in [0.5, 0.6) is 5.75 Å². The van der Waals surface area contributed by atoms with Gasteiger partial charge in [-0.25, -0.2) is 0 Å². The summed E-state index contributed by atoms with van der Waals surface area (Å²) in [6.07, 6.45) is 0.225. The Bertz CT molecular complexity index is 571. The Labute approximate surface area is 125 Å². The molecule has 1 fully saturated rings. The number of carbonyl (C=O) groups excluding carboxylic acids is 1. The maximum absolute atomic E-state index is 11.0. The molecule has 1 atom stereocenters. The van der Waals surface area contributed by atoms with Crippen molar-refractivity contribution in [3.63, 3.8) is 0 Å². The van der Waals surface area contributed by atoms with Crippen molar-refractivity contribution in [2.45, 2.75) is 45.1 Å². The van der Waals surface area contributed by atoms with Gasteiger partial charge in [0.1, 0.15) is 5.75 Å². The molecular formula is C15H20BNO4. The molecule has 5 nitrogen and oxygen atoms in total. The monoisotopic (exact) mass is 289 g/mol. The zero-order valence-corrected chi connectivity index (χ0v) is 13.0. The third-order valence-corrected chi connectivity index (χ3v) is 4.63. The van der Waals surface area contributed by atoms with Crippen LogP contribution in [0.25, 0.3) is 0 Å². The number of hydrogen-bond donors (Lipinski definition) is 0. The van der Waals surface area contributed by atoms with Crippen molar-refractivity contribution >= 4 is 24.6 Å². The minimum absolute atomic E-state index is 0.371. The fraction of sp³-hybridized carbons (Fsp3) is 0.533. The highest BCUT2D eigenvalue weighted by molar-refractivity contribution is 6.62. The lowest BCUT2D eigenvalue weighted by atomic mass is 9.79. The van der Waals surface area contributed by atoms with E-state index in [1.807, 2.05) is 52.9 Å². The second-order valence-corrected chi connectivity index (χ2v) is 6.57. The average Bonchev–Trinajstić information content (AvgIpc) is 2.84. The molecule has 0 radical (unpaired) electrons. The number of ether oxygens (including phenoxy) is 1. The molecule has 0 spiro atoms. The summed E-state index contributed by atoms with van der Waals surface area (Å²) in [5.74, 6) is 0.704. The quantitative estimate of drug-likeness (QED) is 0.607. The van der Waals surface area contributed by atoms with Crippen molar-refractivity contribution in [2.24, 2.45) is 0 Å². The number of carbonyl (C=O) groups is 1. The van der Waals surface area contributed by atoms with Crippen molar-refractivity contribution in [1.82, 2.24) is 0 Å². The van der Waals surface area contributed by atoms with Crippen LogP contribution in [0.2, 0.25) is 0 Å². The average molecular weight is 289 g/mol. The molecule has 0 aromatic heterocycles. The van der Waals surface area contributed by atoms with E-state index in [9.17, 15) is 4.79 Å². The van der Waals surface area contributed by atoms with E-state index in [-0.39, 0.29) is 11.2 Å². The Hall–Kier alpha value is -1.53. The van der Waals surface area contributed by atoms with Gasteiger partial charge in [-0.3, -0.25) is 4.79 Å².